The van der Waals surface area contributed by atoms with E-state index in [-0.39, 0.29) is 12.6 Å². The summed E-state index contributed by atoms with van der Waals surface area (Å²) in [5.74, 6) is 0.592. The van der Waals surface area contributed by atoms with Crippen LogP contribution in [0.15, 0.2) is 18.2 Å². The summed E-state index contributed by atoms with van der Waals surface area (Å²) in [7, 11) is 1.63. The van der Waals surface area contributed by atoms with E-state index >= 15 is 0 Å². The average molecular weight is 358 g/mol. The van der Waals surface area contributed by atoms with Crippen molar-refractivity contribution >= 4 is 5.97 Å². The fourth-order valence-corrected chi connectivity index (χ4v) is 3.98. The van der Waals surface area contributed by atoms with E-state index in [0.29, 0.717) is 37.4 Å². The van der Waals surface area contributed by atoms with Gasteiger partial charge in [0.25, 0.3) is 5.54 Å². The fraction of sp³-hybridized carbons (Fsp3) is 0.600. The van der Waals surface area contributed by atoms with E-state index in [9.17, 15) is 4.79 Å². The summed E-state index contributed by atoms with van der Waals surface area (Å²) in [6, 6.07) is 5.80. The van der Waals surface area contributed by atoms with Gasteiger partial charge in [-0.05, 0) is 43.9 Å². The zero-order chi connectivity index (χ0) is 18.6. The number of likely N-dealkylation sites (tertiary alicyclic amines) is 1. The highest BCUT2D eigenvalue weighted by Crippen LogP contribution is 2.41. The molecule has 6 heteroatoms. The molecule has 2 aliphatic rings. The number of nitrogens with zero attached hydrogens (tertiary/aromatic N) is 2. The zero-order valence-corrected chi connectivity index (χ0v) is 15.2. The van der Waals surface area contributed by atoms with Crippen LogP contribution in [-0.2, 0) is 10.3 Å². The molecule has 1 aliphatic carbocycles. The lowest BCUT2D eigenvalue weighted by atomic mass is 9.81. The van der Waals surface area contributed by atoms with Crippen LogP contribution in [0.5, 0.6) is 11.5 Å². The third kappa shape index (κ3) is 3.94. The Morgan fingerprint density at radius 1 is 1.31 bits per heavy atom. The molecule has 2 fully saturated rings. The minimum absolute atomic E-state index is 0.0345. The van der Waals surface area contributed by atoms with Gasteiger partial charge in [0.05, 0.1) is 19.8 Å². The number of benzene rings is 1. The molecule has 1 N–H and O–H groups in total. The lowest BCUT2D eigenvalue weighted by molar-refractivity contribution is -0.138. The summed E-state index contributed by atoms with van der Waals surface area (Å²) in [6.07, 6.45) is 5.98. The summed E-state index contributed by atoms with van der Waals surface area (Å²) >= 11 is 0. The van der Waals surface area contributed by atoms with Crippen molar-refractivity contribution in [1.82, 2.24) is 4.90 Å². The smallest absolute Gasteiger partial charge is 0.317 e. The number of carbonyl (C=O) groups is 1. The highest BCUT2D eigenvalue weighted by Gasteiger charge is 2.43. The maximum atomic E-state index is 10.9. The molecule has 1 aromatic rings. The Kier molecular flexibility index (Phi) is 5.67. The molecule has 0 amide bonds. The van der Waals surface area contributed by atoms with Crippen LogP contribution in [0.4, 0.5) is 0 Å². The van der Waals surface area contributed by atoms with Crippen molar-refractivity contribution < 1.29 is 19.4 Å². The fourth-order valence-electron chi connectivity index (χ4n) is 3.98. The van der Waals surface area contributed by atoms with E-state index in [2.05, 4.69) is 4.85 Å². The SMILES string of the molecule is [C-]#[N+]C1(c2ccc(OC)c(OC3CCCC3)c2)CCN(CC(=O)O)CC1. The number of ether oxygens (including phenoxy) is 2. The summed E-state index contributed by atoms with van der Waals surface area (Å²) in [4.78, 5) is 16.8. The number of aliphatic carboxylic acids is 1. The van der Waals surface area contributed by atoms with Crippen LogP contribution in [0.25, 0.3) is 4.85 Å². The molecule has 1 heterocycles. The normalized spacial score (nSPS) is 20.5. The second kappa shape index (κ2) is 7.96. The van der Waals surface area contributed by atoms with Crippen molar-refractivity contribution in [2.45, 2.75) is 50.2 Å². The highest BCUT2D eigenvalue weighted by atomic mass is 16.5. The molecule has 26 heavy (non-hydrogen) atoms. The summed E-state index contributed by atoms with van der Waals surface area (Å²) in [6.45, 7) is 9.06. The van der Waals surface area contributed by atoms with Gasteiger partial charge in [0.1, 0.15) is 0 Å². The molecular formula is C20H26N2O4. The number of carboxylic acid groups (broad SMARTS) is 1. The third-order valence-electron chi connectivity index (χ3n) is 5.55. The molecule has 140 valence electrons. The van der Waals surface area contributed by atoms with Crippen molar-refractivity contribution in [3.8, 4) is 11.5 Å². The van der Waals surface area contributed by atoms with E-state index in [1.54, 1.807) is 7.11 Å². The molecule has 3 rings (SSSR count). The molecular weight excluding hydrogens is 332 g/mol. The van der Waals surface area contributed by atoms with Crippen LogP contribution in [0, 0.1) is 6.57 Å². The molecule has 6 nitrogen and oxygen atoms in total. The van der Waals surface area contributed by atoms with Crippen LogP contribution < -0.4 is 9.47 Å². The van der Waals surface area contributed by atoms with Crippen molar-refractivity contribution in [3.63, 3.8) is 0 Å². The van der Waals surface area contributed by atoms with Crippen LogP contribution >= 0.6 is 0 Å². The highest BCUT2D eigenvalue weighted by molar-refractivity contribution is 5.69. The first kappa shape index (κ1) is 18.5. The van der Waals surface area contributed by atoms with Gasteiger partial charge in [-0.2, -0.15) is 0 Å². The lowest BCUT2D eigenvalue weighted by Gasteiger charge is -2.33. The van der Waals surface area contributed by atoms with E-state index in [0.717, 1.165) is 18.4 Å². The molecule has 1 aromatic carbocycles. The number of carboxylic acids is 1. The Balaban J connectivity index is 1.80. The van der Waals surface area contributed by atoms with Crippen LogP contribution in [0.2, 0.25) is 0 Å². The van der Waals surface area contributed by atoms with Gasteiger partial charge in [-0.3, -0.25) is 9.69 Å². The summed E-state index contributed by atoms with van der Waals surface area (Å²) < 4.78 is 11.6. The first-order valence-corrected chi connectivity index (χ1v) is 9.24. The van der Waals surface area contributed by atoms with Gasteiger partial charge in [0.15, 0.2) is 11.5 Å². The van der Waals surface area contributed by atoms with Gasteiger partial charge in [-0.15, -0.1) is 0 Å². The Morgan fingerprint density at radius 3 is 2.58 bits per heavy atom. The van der Waals surface area contributed by atoms with Crippen molar-refractivity contribution in [2.75, 3.05) is 26.7 Å². The Morgan fingerprint density at radius 2 is 2.00 bits per heavy atom. The van der Waals surface area contributed by atoms with Crippen LogP contribution in [0.3, 0.4) is 0 Å². The van der Waals surface area contributed by atoms with E-state index < -0.39 is 11.5 Å². The molecule has 0 atom stereocenters. The molecule has 0 radical (unpaired) electrons. The largest absolute Gasteiger partial charge is 0.493 e. The monoisotopic (exact) mass is 358 g/mol. The van der Waals surface area contributed by atoms with E-state index in [1.165, 1.54) is 12.8 Å². The topological polar surface area (TPSA) is 63.4 Å². The molecule has 1 saturated heterocycles. The number of hydrogen-bond acceptors (Lipinski definition) is 4. The quantitative estimate of drug-likeness (QED) is 0.791. The number of piperidine rings is 1. The predicted octanol–water partition coefficient (Wildman–Crippen LogP) is 3.31. The standard InChI is InChI=1S/C20H26N2O4/c1-21-20(9-11-22(12-10-20)14-19(23)24)15-7-8-17(25-2)18(13-15)26-16-5-3-4-6-16/h7-8,13,16H,3-6,9-12,14H2,2H3,(H,23,24). The van der Waals surface area contributed by atoms with Gasteiger partial charge in [-0.1, -0.05) is 0 Å². The first-order chi connectivity index (χ1) is 12.6. The second-order valence-corrected chi connectivity index (χ2v) is 7.20. The second-order valence-electron chi connectivity index (χ2n) is 7.20. The van der Waals surface area contributed by atoms with Crippen molar-refractivity contribution in [3.05, 3.63) is 35.2 Å². The van der Waals surface area contributed by atoms with Gasteiger partial charge < -0.3 is 19.4 Å². The first-order valence-electron chi connectivity index (χ1n) is 9.24. The Bertz CT molecular complexity index is 684. The van der Waals surface area contributed by atoms with E-state index in [4.69, 9.17) is 21.2 Å². The summed E-state index contributed by atoms with van der Waals surface area (Å²) in [5.41, 5.74) is 0.325. The molecule has 1 aliphatic heterocycles. The van der Waals surface area contributed by atoms with E-state index in [1.807, 2.05) is 23.1 Å². The Labute approximate surface area is 154 Å². The van der Waals surface area contributed by atoms with Crippen LogP contribution in [-0.4, -0.2) is 48.8 Å². The summed E-state index contributed by atoms with van der Waals surface area (Å²) in [5, 5.41) is 8.97. The van der Waals surface area contributed by atoms with Crippen LogP contribution in [0.1, 0.15) is 44.1 Å². The average Bonchev–Trinajstić information content (AvgIpc) is 3.15. The maximum Gasteiger partial charge on any atom is 0.317 e. The van der Waals surface area contributed by atoms with Gasteiger partial charge >= 0.3 is 5.97 Å². The third-order valence-corrected chi connectivity index (χ3v) is 5.55. The molecule has 0 unspecified atom stereocenters. The number of methoxy groups -OCH3 is 1. The maximum absolute atomic E-state index is 10.9. The molecule has 0 bridgehead atoms. The van der Waals surface area contributed by atoms with Gasteiger partial charge in [0, 0.05) is 31.5 Å². The van der Waals surface area contributed by atoms with Gasteiger partial charge in [-0.25, -0.2) is 6.57 Å². The number of rotatable bonds is 6. The minimum Gasteiger partial charge on any atom is -0.493 e. The Hall–Kier alpha value is -2.26. The predicted molar refractivity (Wildman–Crippen MR) is 97.5 cm³/mol. The van der Waals surface area contributed by atoms with Crippen molar-refractivity contribution in [2.24, 2.45) is 0 Å². The molecule has 0 spiro atoms. The van der Waals surface area contributed by atoms with Crippen molar-refractivity contribution in [1.29, 1.82) is 0 Å². The molecule has 1 saturated carbocycles. The number of hydrogen-bond donors (Lipinski definition) is 1. The molecule has 0 aromatic heterocycles. The lowest BCUT2D eigenvalue weighted by Crippen LogP contribution is -2.43. The van der Waals surface area contributed by atoms with Gasteiger partial charge in [0.2, 0.25) is 0 Å². The zero-order valence-electron chi connectivity index (χ0n) is 15.2. The minimum atomic E-state index is -0.822.